The lowest BCUT2D eigenvalue weighted by Gasteiger charge is -2.06. The molecule has 7 heteroatoms. The molecule has 2 aromatic heterocycles. The molecule has 0 spiro atoms. The van der Waals surface area contributed by atoms with Crippen LogP contribution in [0, 0.1) is 0 Å². The molecule has 3 rings (SSSR count). The third kappa shape index (κ3) is 2.52. The van der Waals surface area contributed by atoms with E-state index in [0.29, 0.717) is 41.3 Å². The first kappa shape index (κ1) is 14.4. The molecule has 2 heterocycles. The second kappa shape index (κ2) is 5.67. The van der Waals surface area contributed by atoms with Gasteiger partial charge in [-0.25, -0.2) is 4.79 Å². The van der Waals surface area contributed by atoms with Gasteiger partial charge >= 0.3 is 5.69 Å². The van der Waals surface area contributed by atoms with Crippen LogP contribution in [0.25, 0.3) is 22.1 Å². The SMILES string of the molecule is COCCCn1c(=O)nc(Cl)c2oc3ccc(Cl)cc3c21. The van der Waals surface area contributed by atoms with Gasteiger partial charge in [0.05, 0.1) is 0 Å². The minimum atomic E-state index is -0.411. The predicted octanol–water partition coefficient (Wildman–Crippen LogP) is 3.49. The Balaban J connectivity index is 2.31. The number of hydrogen-bond acceptors (Lipinski definition) is 4. The van der Waals surface area contributed by atoms with Crippen LogP contribution >= 0.6 is 23.2 Å². The summed E-state index contributed by atoms with van der Waals surface area (Å²) in [6.07, 6.45) is 0.683. The average molecular weight is 327 g/mol. The molecule has 110 valence electrons. The summed E-state index contributed by atoms with van der Waals surface area (Å²) in [7, 11) is 1.62. The molecule has 0 radical (unpaired) electrons. The van der Waals surface area contributed by atoms with Crippen molar-refractivity contribution in [3.63, 3.8) is 0 Å². The number of fused-ring (bicyclic) bond motifs is 3. The van der Waals surface area contributed by atoms with Crippen LogP contribution in [0.4, 0.5) is 0 Å². The molecule has 0 bridgehead atoms. The van der Waals surface area contributed by atoms with Crippen LogP contribution < -0.4 is 5.69 Å². The molecule has 0 N–H and O–H groups in total. The fourth-order valence-corrected chi connectivity index (χ4v) is 2.70. The molecule has 5 nitrogen and oxygen atoms in total. The second-order valence-corrected chi connectivity index (χ2v) is 5.40. The van der Waals surface area contributed by atoms with E-state index in [9.17, 15) is 4.79 Å². The first-order valence-corrected chi connectivity index (χ1v) is 7.14. The van der Waals surface area contributed by atoms with Crippen molar-refractivity contribution in [1.29, 1.82) is 0 Å². The third-order valence-corrected chi connectivity index (χ3v) is 3.73. The lowest BCUT2D eigenvalue weighted by atomic mass is 10.2. The van der Waals surface area contributed by atoms with E-state index in [1.54, 1.807) is 29.9 Å². The summed E-state index contributed by atoms with van der Waals surface area (Å²) in [5.74, 6) is 0. The molecule has 0 saturated heterocycles. The number of ether oxygens (including phenoxy) is 1. The largest absolute Gasteiger partial charge is 0.451 e. The number of hydrogen-bond donors (Lipinski definition) is 0. The highest BCUT2D eigenvalue weighted by Gasteiger charge is 2.17. The van der Waals surface area contributed by atoms with Gasteiger partial charge in [-0.1, -0.05) is 23.2 Å². The van der Waals surface area contributed by atoms with Gasteiger partial charge in [-0.2, -0.15) is 4.98 Å². The third-order valence-electron chi connectivity index (χ3n) is 3.24. The topological polar surface area (TPSA) is 57.3 Å². The van der Waals surface area contributed by atoms with Crippen molar-refractivity contribution >= 4 is 45.3 Å². The van der Waals surface area contributed by atoms with Gasteiger partial charge in [-0.05, 0) is 24.6 Å². The lowest BCUT2D eigenvalue weighted by molar-refractivity contribution is 0.190. The molecule has 0 aliphatic rings. The van der Waals surface area contributed by atoms with Crippen molar-refractivity contribution in [3.05, 3.63) is 38.9 Å². The molecule has 0 aliphatic carbocycles. The van der Waals surface area contributed by atoms with E-state index in [1.165, 1.54) is 0 Å². The van der Waals surface area contributed by atoms with Crippen LogP contribution in [-0.2, 0) is 11.3 Å². The molecule has 3 aromatic rings. The summed E-state index contributed by atoms with van der Waals surface area (Å²) < 4.78 is 12.3. The van der Waals surface area contributed by atoms with Crippen molar-refractivity contribution in [2.45, 2.75) is 13.0 Å². The Labute approximate surface area is 130 Å². The minimum absolute atomic E-state index is 0.0605. The Kier molecular flexibility index (Phi) is 3.89. The number of rotatable bonds is 4. The highest BCUT2D eigenvalue weighted by molar-refractivity contribution is 6.35. The Morgan fingerprint density at radius 1 is 1.38 bits per heavy atom. The smallest absolute Gasteiger partial charge is 0.349 e. The van der Waals surface area contributed by atoms with Gasteiger partial charge in [0.25, 0.3) is 0 Å². The Morgan fingerprint density at radius 2 is 2.19 bits per heavy atom. The quantitative estimate of drug-likeness (QED) is 0.544. The zero-order valence-electron chi connectivity index (χ0n) is 11.2. The number of methoxy groups -OCH3 is 1. The van der Waals surface area contributed by atoms with Crippen molar-refractivity contribution < 1.29 is 9.15 Å². The van der Waals surface area contributed by atoms with Gasteiger partial charge in [-0.3, -0.25) is 4.57 Å². The summed E-state index contributed by atoms with van der Waals surface area (Å²) in [6.45, 7) is 1.02. The van der Waals surface area contributed by atoms with E-state index in [2.05, 4.69) is 4.98 Å². The number of benzene rings is 1. The highest BCUT2D eigenvalue weighted by atomic mass is 35.5. The second-order valence-electron chi connectivity index (χ2n) is 4.60. The zero-order valence-corrected chi connectivity index (χ0v) is 12.7. The normalized spacial score (nSPS) is 11.6. The van der Waals surface area contributed by atoms with E-state index < -0.39 is 5.69 Å². The molecule has 0 fully saturated rings. The molecule has 0 aliphatic heterocycles. The fraction of sp³-hybridized carbons (Fsp3) is 0.286. The first-order chi connectivity index (χ1) is 10.1. The Morgan fingerprint density at radius 3 is 2.95 bits per heavy atom. The van der Waals surface area contributed by atoms with Crippen LogP contribution in [0.5, 0.6) is 0 Å². The summed E-state index contributed by atoms with van der Waals surface area (Å²) in [4.78, 5) is 15.9. The Bertz CT molecular complexity index is 870. The van der Waals surface area contributed by atoms with Gasteiger partial charge in [0.15, 0.2) is 10.7 Å². The summed E-state index contributed by atoms with van der Waals surface area (Å²) in [5, 5.41) is 1.37. The van der Waals surface area contributed by atoms with Crippen molar-refractivity contribution in [2.75, 3.05) is 13.7 Å². The van der Waals surface area contributed by atoms with Gasteiger partial charge in [-0.15, -0.1) is 0 Å². The average Bonchev–Trinajstić information content (AvgIpc) is 2.82. The number of aromatic nitrogens is 2. The van der Waals surface area contributed by atoms with E-state index in [0.717, 1.165) is 5.39 Å². The summed E-state index contributed by atoms with van der Waals surface area (Å²) >= 11 is 12.1. The van der Waals surface area contributed by atoms with E-state index in [1.807, 2.05) is 0 Å². The van der Waals surface area contributed by atoms with E-state index >= 15 is 0 Å². The van der Waals surface area contributed by atoms with Crippen LogP contribution in [0.2, 0.25) is 10.2 Å². The summed E-state index contributed by atoms with van der Waals surface area (Å²) in [5.41, 5.74) is 1.22. The molecule has 0 unspecified atom stereocenters. The van der Waals surface area contributed by atoms with Crippen LogP contribution in [-0.4, -0.2) is 23.3 Å². The monoisotopic (exact) mass is 326 g/mol. The highest BCUT2D eigenvalue weighted by Crippen LogP contribution is 2.32. The molecule has 0 saturated carbocycles. The number of aryl methyl sites for hydroxylation is 1. The molecule has 0 atom stereocenters. The first-order valence-electron chi connectivity index (χ1n) is 6.39. The molecule has 21 heavy (non-hydrogen) atoms. The van der Waals surface area contributed by atoms with Crippen molar-refractivity contribution in [2.24, 2.45) is 0 Å². The van der Waals surface area contributed by atoms with E-state index in [-0.39, 0.29) is 5.15 Å². The van der Waals surface area contributed by atoms with Crippen molar-refractivity contribution in [3.8, 4) is 0 Å². The molecule has 0 amide bonds. The minimum Gasteiger partial charge on any atom is -0.451 e. The van der Waals surface area contributed by atoms with Gasteiger partial charge < -0.3 is 9.15 Å². The van der Waals surface area contributed by atoms with Gasteiger partial charge in [0.1, 0.15) is 11.1 Å². The van der Waals surface area contributed by atoms with Crippen LogP contribution in [0.1, 0.15) is 6.42 Å². The summed E-state index contributed by atoms with van der Waals surface area (Å²) in [6, 6.07) is 5.23. The van der Waals surface area contributed by atoms with Gasteiger partial charge in [0.2, 0.25) is 0 Å². The molecule has 1 aromatic carbocycles. The fourth-order valence-electron chi connectivity index (χ4n) is 2.33. The maximum atomic E-state index is 12.1. The zero-order chi connectivity index (χ0) is 15.0. The maximum absolute atomic E-state index is 12.1. The van der Waals surface area contributed by atoms with Crippen LogP contribution in [0.3, 0.4) is 0 Å². The molecular weight excluding hydrogens is 315 g/mol. The Hall–Kier alpha value is -1.56. The van der Waals surface area contributed by atoms with Crippen molar-refractivity contribution in [1.82, 2.24) is 9.55 Å². The lowest BCUT2D eigenvalue weighted by Crippen LogP contribution is -2.23. The van der Waals surface area contributed by atoms with Gasteiger partial charge in [0, 0.05) is 30.7 Å². The van der Waals surface area contributed by atoms with E-state index in [4.69, 9.17) is 32.4 Å². The molecular formula is C14H12Cl2N2O3. The van der Waals surface area contributed by atoms with Crippen LogP contribution in [0.15, 0.2) is 27.4 Å². The standard InChI is InChI=1S/C14H12Cl2N2O3/c1-20-6-2-5-18-11-9-7-8(15)3-4-10(9)21-12(11)13(16)17-14(18)19/h3-4,7H,2,5-6H2,1H3. The number of furan rings is 1. The number of halogens is 2. The maximum Gasteiger partial charge on any atom is 0.349 e. The number of nitrogens with zero attached hydrogens (tertiary/aromatic N) is 2. The predicted molar refractivity (Wildman–Crippen MR) is 82.3 cm³/mol.